The molecular formula is C15H20F3N. The fourth-order valence-electron chi connectivity index (χ4n) is 2.63. The first kappa shape index (κ1) is 14.4. The molecule has 1 aromatic carbocycles. The first-order valence-corrected chi connectivity index (χ1v) is 6.92. The highest BCUT2D eigenvalue weighted by Gasteiger charge is 2.29. The molecule has 0 spiro atoms. The zero-order chi connectivity index (χ0) is 13.7. The van der Waals surface area contributed by atoms with Gasteiger partial charge < -0.3 is 5.32 Å². The van der Waals surface area contributed by atoms with Crippen molar-refractivity contribution in [2.45, 2.75) is 38.3 Å². The van der Waals surface area contributed by atoms with Crippen LogP contribution in [0.2, 0.25) is 0 Å². The lowest BCUT2D eigenvalue weighted by atomic mass is 9.91. The second-order valence-corrected chi connectivity index (χ2v) is 5.28. The molecule has 1 nitrogen and oxygen atoms in total. The van der Waals surface area contributed by atoms with Crippen molar-refractivity contribution in [1.82, 2.24) is 5.32 Å². The molecule has 1 aliphatic rings. The molecule has 1 saturated heterocycles. The number of halogens is 3. The Labute approximate surface area is 112 Å². The smallest absolute Gasteiger partial charge is 0.317 e. The van der Waals surface area contributed by atoms with E-state index in [-0.39, 0.29) is 0 Å². The second-order valence-electron chi connectivity index (χ2n) is 5.28. The van der Waals surface area contributed by atoms with E-state index in [0.29, 0.717) is 0 Å². The summed E-state index contributed by atoms with van der Waals surface area (Å²) in [7, 11) is 0. The summed E-state index contributed by atoms with van der Waals surface area (Å²) in [6.07, 6.45) is 1.36. The summed E-state index contributed by atoms with van der Waals surface area (Å²) in [5.74, 6) is 0.788. The lowest BCUT2D eigenvalue weighted by molar-refractivity contribution is -0.137. The fourth-order valence-corrected chi connectivity index (χ4v) is 2.63. The van der Waals surface area contributed by atoms with Gasteiger partial charge in [-0.25, -0.2) is 0 Å². The van der Waals surface area contributed by atoms with Crippen molar-refractivity contribution in [3.8, 4) is 0 Å². The predicted molar refractivity (Wildman–Crippen MR) is 70.0 cm³/mol. The number of hydrogen-bond donors (Lipinski definition) is 1. The van der Waals surface area contributed by atoms with Gasteiger partial charge in [0.1, 0.15) is 0 Å². The van der Waals surface area contributed by atoms with Crippen molar-refractivity contribution in [3.05, 3.63) is 35.4 Å². The molecular weight excluding hydrogens is 251 g/mol. The molecule has 0 aromatic heterocycles. The third-order valence-corrected chi connectivity index (χ3v) is 3.82. The number of hydrogen-bond acceptors (Lipinski definition) is 1. The number of nitrogens with one attached hydrogen (secondary N) is 1. The third-order valence-electron chi connectivity index (χ3n) is 3.82. The van der Waals surface area contributed by atoms with Crippen molar-refractivity contribution in [3.63, 3.8) is 0 Å². The molecule has 0 amide bonds. The molecule has 0 aliphatic carbocycles. The van der Waals surface area contributed by atoms with Crippen LogP contribution in [0.25, 0.3) is 0 Å². The Hall–Kier alpha value is -1.03. The quantitative estimate of drug-likeness (QED) is 0.872. The first-order valence-electron chi connectivity index (χ1n) is 6.92. The van der Waals surface area contributed by atoms with E-state index < -0.39 is 11.7 Å². The van der Waals surface area contributed by atoms with E-state index in [1.807, 2.05) is 0 Å². The van der Waals surface area contributed by atoms with E-state index in [1.54, 1.807) is 12.1 Å². The van der Waals surface area contributed by atoms with Gasteiger partial charge in [-0.15, -0.1) is 0 Å². The van der Waals surface area contributed by atoms with Crippen molar-refractivity contribution in [1.29, 1.82) is 0 Å². The van der Waals surface area contributed by atoms with E-state index in [9.17, 15) is 13.2 Å². The van der Waals surface area contributed by atoms with Gasteiger partial charge in [-0.3, -0.25) is 0 Å². The highest BCUT2D eigenvalue weighted by atomic mass is 19.4. The standard InChI is InChI=1S/C15H20F3N/c16-15(17,18)14-6-4-12(5-7-14)2-1-3-13-8-10-19-11-9-13/h4-7,13,19H,1-3,8-11H2. The van der Waals surface area contributed by atoms with Gasteiger partial charge in [0.2, 0.25) is 0 Å². The molecule has 19 heavy (non-hydrogen) atoms. The average molecular weight is 271 g/mol. The molecule has 1 fully saturated rings. The maximum atomic E-state index is 12.4. The molecule has 1 heterocycles. The van der Waals surface area contributed by atoms with Crippen LogP contribution < -0.4 is 5.32 Å². The topological polar surface area (TPSA) is 12.0 Å². The number of rotatable bonds is 4. The van der Waals surface area contributed by atoms with Gasteiger partial charge >= 0.3 is 6.18 Å². The molecule has 0 radical (unpaired) electrons. The number of piperidine rings is 1. The van der Waals surface area contributed by atoms with Crippen LogP contribution in [0.5, 0.6) is 0 Å². The summed E-state index contributed by atoms with van der Waals surface area (Å²) in [4.78, 5) is 0. The Balaban J connectivity index is 1.76. The maximum Gasteiger partial charge on any atom is 0.416 e. The largest absolute Gasteiger partial charge is 0.416 e. The molecule has 4 heteroatoms. The molecule has 1 N–H and O–H groups in total. The van der Waals surface area contributed by atoms with E-state index in [2.05, 4.69) is 5.32 Å². The Kier molecular flexibility index (Phi) is 4.86. The summed E-state index contributed by atoms with van der Waals surface area (Å²) >= 11 is 0. The Bertz CT molecular complexity index is 377. The van der Waals surface area contributed by atoms with Crippen LogP contribution in [-0.4, -0.2) is 13.1 Å². The minimum Gasteiger partial charge on any atom is -0.317 e. The minimum absolute atomic E-state index is 0.561. The van der Waals surface area contributed by atoms with Crippen LogP contribution in [0.15, 0.2) is 24.3 Å². The number of benzene rings is 1. The Morgan fingerprint density at radius 2 is 1.68 bits per heavy atom. The molecule has 106 valence electrons. The molecule has 1 aliphatic heterocycles. The van der Waals surface area contributed by atoms with Crippen LogP contribution in [0.4, 0.5) is 13.2 Å². The minimum atomic E-state index is -4.23. The normalized spacial score (nSPS) is 17.6. The Morgan fingerprint density at radius 1 is 1.05 bits per heavy atom. The summed E-state index contributed by atoms with van der Waals surface area (Å²) in [5, 5.41) is 3.34. The molecule has 0 saturated carbocycles. The van der Waals surface area contributed by atoms with Gasteiger partial charge in [-0.2, -0.15) is 13.2 Å². The SMILES string of the molecule is FC(F)(F)c1ccc(CCCC2CCNCC2)cc1. The predicted octanol–water partition coefficient (Wildman–Crippen LogP) is 4.03. The highest BCUT2D eigenvalue weighted by molar-refractivity contribution is 5.24. The first-order chi connectivity index (χ1) is 9.05. The van der Waals surface area contributed by atoms with Gasteiger partial charge in [0, 0.05) is 0 Å². The van der Waals surface area contributed by atoms with Crippen molar-refractivity contribution < 1.29 is 13.2 Å². The van der Waals surface area contributed by atoms with E-state index in [1.165, 1.54) is 31.4 Å². The maximum absolute atomic E-state index is 12.4. The average Bonchev–Trinajstić information content (AvgIpc) is 2.39. The lowest BCUT2D eigenvalue weighted by Gasteiger charge is -2.22. The van der Waals surface area contributed by atoms with Crippen LogP contribution >= 0.6 is 0 Å². The van der Waals surface area contributed by atoms with Gasteiger partial charge in [0.05, 0.1) is 5.56 Å². The number of alkyl halides is 3. The van der Waals surface area contributed by atoms with E-state index >= 15 is 0 Å². The van der Waals surface area contributed by atoms with Crippen molar-refractivity contribution in [2.75, 3.05) is 13.1 Å². The van der Waals surface area contributed by atoms with Gasteiger partial charge in [0.25, 0.3) is 0 Å². The molecule has 0 bridgehead atoms. The Morgan fingerprint density at radius 3 is 2.26 bits per heavy atom. The van der Waals surface area contributed by atoms with Crippen LogP contribution in [0.1, 0.15) is 36.8 Å². The summed E-state index contributed by atoms with van der Waals surface area (Å²) in [6, 6.07) is 5.57. The zero-order valence-corrected chi connectivity index (χ0v) is 11.0. The van der Waals surface area contributed by atoms with Crippen LogP contribution in [0.3, 0.4) is 0 Å². The molecule has 0 atom stereocenters. The molecule has 1 aromatic rings. The zero-order valence-electron chi connectivity index (χ0n) is 11.0. The van der Waals surface area contributed by atoms with Gasteiger partial charge in [0.15, 0.2) is 0 Å². The lowest BCUT2D eigenvalue weighted by Crippen LogP contribution is -2.27. The van der Waals surface area contributed by atoms with Crippen molar-refractivity contribution >= 4 is 0 Å². The monoisotopic (exact) mass is 271 g/mol. The summed E-state index contributed by atoms with van der Waals surface area (Å²) in [6.45, 7) is 2.20. The molecule has 0 unspecified atom stereocenters. The summed E-state index contributed by atoms with van der Waals surface area (Å²) < 4.78 is 37.2. The number of aryl methyl sites for hydroxylation is 1. The fraction of sp³-hybridized carbons (Fsp3) is 0.600. The highest BCUT2D eigenvalue weighted by Crippen LogP contribution is 2.29. The van der Waals surface area contributed by atoms with E-state index in [4.69, 9.17) is 0 Å². The third kappa shape index (κ3) is 4.53. The van der Waals surface area contributed by atoms with Crippen molar-refractivity contribution in [2.24, 2.45) is 5.92 Å². The second kappa shape index (κ2) is 6.42. The van der Waals surface area contributed by atoms with E-state index in [0.717, 1.165) is 37.4 Å². The summed E-state index contributed by atoms with van der Waals surface area (Å²) in [5.41, 5.74) is 0.441. The van der Waals surface area contributed by atoms with Gasteiger partial charge in [-0.1, -0.05) is 18.6 Å². The van der Waals surface area contributed by atoms with Crippen LogP contribution in [-0.2, 0) is 12.6 Å². The van der Waals surface area contributed by atoms with Gasteiger partial charge in [-0.05, 0) is 62.4 Å². The van der Waals surface area contributed by atoms with Crippen LogP contribution in [0, 0.1) is 5.92 Å². The molecule has 2 rings (SSSR count).